The Morgan fingerprint density at radius 3 is 1.74 bits per heavy atom. The van der Waals surface area contributed by atoms with E-state index in [1.807, 2.05) is 0 Å². The molecule has 0 heterocycles. The standard InChI is InChI=1S/C22H34O4.H3N/c1-5-6-7-8-9-10-11-12-13-14-18(23)19-15(2)16(3)21(24)20(17(19)4)22(25)26;/h24H,5-14H2,1-4H3,(H,25,26);1H3. The molecule has 27 heavy (non-hydrogen) atoms. The van der Waals surface area contributed by atoms with E-state index in [2.05, 4.69) is 6.92 Å². The van der Waals surface area contributed by atoms with Crippen LogP contribution in [0.1, 0.15) is 109 Å². The molecular weight excluding hydrogens is 342 g/mol. The summed E-state index contributed by atoms with van der Waals surface area (Å²) in [4.78, 5) is 24.0. The van der Waals surface area contributed by atoms with Crippen LogP contribution in [-0.4, -0.2) is 16.9 Å². The summed E-state index contributed by atoms with van der Waals surface area (Å²) in [6, 6.07) is 0. The number of quaternary nitrogens is 1. The first-order valence-corrected chi connectivity index (χ1v) is 9.90. The highest BCUT2D eigenvalue weighted by molar-refractivity contribution is 6.04. The van der Waals surface area contributed by atoms with Crippen molar-refractivity contribution in [2.24, 2.45) is 0 Å². The summed E-state index contributed by atoms with van der Waals surface area (Å²) in [5.74, 6) is -1.78. The summed E-state index contributed by atoms with van der Waals surface area (Å²) in [6.45, 7) is 7.12. The number of Topliss-reactive ketones (excluding diaryl/α,β-unsaturated/α-hetero) is 1. The van der Waals surface area contributed by atoms with Gasteiger partial charge >= 0.3 is 5.97 Å². The number of carboxylic acids is 1. The third-order valence-electron chi connectivity index (χ3n) is 5.26. The molecule has 5 N–H and O–H groups in total. The van der Waals surface area contributed by atoms with E-state index in [0.717, 1.165) is 19.3 Å². The summed E-state index contributed by atoms with van der Waals surface area (Å²) in [6.07, 6.45) is 11.0. The average molecular weight is 380 g/mol. The van der Waals surface area contributed by atoms with Crippen LogP contribution in [0.25, 0.3) is 0 Å². The maximum absolute atomic E-state index is 12.6. The first-order valence-electron chi connectivity index (χ1n) is 9.90. The van der Waals surface area contributed by atoms with Crippen molar-refractivity contribution in [2.75, 3.05) is 0 Å². The predicted octanol–water partition coefficient (Wildman–Crippen LogP) is 5.86. The lowest BCUT2D eigenvalue weighted by atomic mass is 9.88. The highest BCUT2D eigenvalue weighted by Crippen LogP contribution is 2.31. The molecule has 0 saturated heterocycles. The lowest BCUT2D eigenvalue weighted by molar-refractivity contribution is -0.269. The van der Waals surface area contributed by atoms with Gasteiger partial charge in [0.15, 0.2) is 5.78 Å². The quantitative estimate of drug-likeness (QED) is 0.349. The van der Waals surface area contributed by atoms with Crippen LogP contribution in [0.2, 0.25) is 0 Å². The average Bonchev–Trinajstić information content (AvgIpc) is 2.58. The molecule has 0 fully saturated rings. The summed E-state index contributed by atoms with van der Waals surface area (Å²) >= 11 is 0. The van der Waals surface area contributed by atoms with Crippen LogP contribution in [0, 0.1) is 20.8 Å². The third kappa shape index (κ3) is 6.98. The monoisotopic (exact) mass is 379 g/mol. The number of unbranched alkanes of at least 4 members (excludes halogenated alkanes) is 8. The highest BCUT2D eigenvalue weighted by Gasteiger charge is 2.21. The minimum atomic E-state index is -1.26. The molecule has 1 rings (SSSR count). The number of benzene rings is 1. The molecule has 0 aliphatic heterocycles. The second kappa shape index (κ2) is 12.5. The van der Waals surface area contributed by atoms with E-state index in [1.165, 1.54) is 38.5 Å². The van der Waals surface area contributed by atoms with Crippen LogP contribution in [-0.2, 0) is 0 Å². The Labute approximate surface area is 163 Å². The first-order chi connectivity index (χ1) is 12.3. The molecule has 0 aliphatic carbocycles. The fourth-order valence-corrected chi connectivity index (χ4v) is 3.52. The lowest BCUT2D eigenvalue weighted by Crippen LogP contribution is -2.15. The molecule has 1 aromatic rings. The number of aromatic carboxylic acids is 1. The van der Waals surface area contributed by atoms with Crippen molar-refractivity contribution in [1.82, 2.24) is 6.15 Å². The van der Waals surface area contributed by atoms with Gasteiger partial charge in [0, 0.05) is 12.0 Å². The molecule has 0 amide bonds. The molecule has 0 aliphatic rings. The molecule has 0 atom stereocenters. The number of rotatable bonds is 12. The van der Waals surface area contributed by atoms with Gasteiger partial charge in [0.2, 0.25) is 0 Å². The number of ketones is 1. The molecule has 0 aromatic heterocycles. The van der Waals surface area contributed by atoms with E-state index in [9.17, 15) is 19.8 Å². The molecular formula is C22H37NO4. The fourth-order valence-electron chi connectivity index (χ4n) is 3.52. The van der Waals surface area contributed by atoms with Gasteiger partial charge in [0.05, 0.1) is 5.56 Å². The summed E-state index contributed by atoms with van der Waals surface area (Å²) < 4.78 is 0. The van der Waals surface area contributed by atoms with Gasteiger partial charge in [-0.3, -0.25) is 4.79 Å². The van der Waals surface area contributed by atoms with Gasteiger partial charge in [-0.2, -0.15) is 0 Å². The summed E-state index contributed by atoms with van der Waals surface area (Å²) in [5.41, 5.74) is 1.47. The Balaban J connectivity index is 0.00000676. The van der Waals surface area contributed by atoms with Crippen molar-refractivity contribution in [2.45, 2.75) is 91.9 Å². The molecule has 154 valence electrons. The second-order valence-corrected chi connectivity index (χ2v) is 7.26. The third-order valence-corrected chi connectivity index (χ3v) is 5.26. The van der Waals surface area contributed by atoms with Gasteiger partial charge < -0.3 is 16.4 Å². The summed E-state index contributed by atoms with van der Waals surface area (Å²) in [5, 5.41) is 21.5. The zero-order valence-corrected chi connectivity index (χ0v) is 17.7. The molecule has 0 saturated carbocycles. The normalized spacial score (nSPS) is 10.5. The van der Waals surface area contributed by atoms with E-state index in [4.69, 9.17) is 0 Å². The largest absolute Gasteiger partial charge is 0.872 e. The van der Waals surface area contributed by atoms with Crippen LogP contribution in [0.4, 0.5) is 0 Å². The molecule has 1 aromatic carbocycles. The van der Waals surface area contributed by atoms with Gasteiger partial charge in [-0.25, -0.2) is 4.79 Å². The van der Waals surface area contributed by atoms with E-state index < -0.39 is 11.7 Å². The Hall–Kier alpha value is -1.88. The molecule has 5 nitrogen and oxygen atoms in total. The molecule has 5 heteroatoms. The van der Waals surface area contributed by atoms with E-state index in [-0.39, 0.29) is 17.5 Å². The van der Waals surface area contributed by atoms with Crippen molar-refractivity contribution in [1.29, 1.82) is 0 Å². The van der Waals surface area contributed by atoms with Crippen molar-refractivity contribution in [3.63, 3.8) is 0 Å². The van der Waals surface area contributed by atoms with Gasteiger partial charge in [0.1, 0.15) is 0 Å². The van der Waals surface area contributed by atoms with Crippen LogP contribution in [0.5, 0.6) is 5.75 Å². The minimum Gasteiger partial charge on any atom is -0.872 e. The number of hydrogen-bond donors (Lipinski definition) is 2. The molecule has 0 radical (unpaired) electrons. The van der Waals surface area contributed by atoms with Crippen LogP contribution < -0.4 is 11.3 Å². The first kappa shape index (κ1) is 25.1. The predicted molar refractivity (Wildman–Crippen MR) is 109 cm³/mol. The van der Waals surface area contributed by atoms with Gasteiger partial charge in [-0.15, -0.1) is 0 Å². The Kier molecular flexibility index (Phi) is 11.6. The fraction of sp³-hybridized carbons (Fsp3) is 0.636. The van der Waals surface area contributed by atoms with Crippen molar-refractivity contribution in [3.05, 3.63) is 27.8 Å². The highest BCUT2D eigenvalue weighted by atomic mass is 16.4. The number of hydrogen-bond acceptors (Lipinski definition) is 3. The molecule has 0 bridgehead atoms. The minimum absolute atomic E-state index is 0. The summed E-state index contributed by atoms with van der Waals surface area (Å²) in [7, 11) is 0. The second-order valence-electron chi connectivity index (χ2n) is 7.26. The Morgan fingerprint density at radius 2 is 1.26 bits per heavy atom. The Morgan fingerprint density at radius 1 is 0.778 bits per heavy atom. The number of carbonyl (C=O) groups excluding carboxylic acids is 1. The number of carbonyl (C=O) groups is 2. The van der Waals surface area contributed by atoms with Crippen LogP contribution in [0.3, 0.4) is 0 Å². The van der Waals surface area contributed by atoms with Gasteiger partial charge in [0.25, 0.3) is 0 Å². The van der Waals surface area contributed by atoms with Gasteiger partial charge in [-0.05, 0) is 38.3 Å². The maximum atomic E-state index is 12.6. The van der Waals surface area contributed by atoms with Gasteiger partial charge in [-0.1, -0.05) is 69.6 Å². The van der Waals surface area contributed by atoms with Crippen LogP contribution >= 0.6 is 0 Å². The molecule has 0 spiro atoms. The van der Waals surface area contributed by atoms with Crippen molar-refractivity contribution < 1.29 is 19.8 Å². The van der Waals surface area contributed by atoms with Crippen LogP contribution in [0.15, 0.2) is 0 Å². The Bertz CT molecular complexity index is 638. The zero-order valence-electron chi connectivity index (χ0n) is 17.7. The SMILES string of the molecule is CCCCCCCCCCCC(=O)c1c(C)c(C)c([O-])c(C(=O)O)c1C.[NH4+]. The van der Waals surface area contributed by atoms with Crippen molar-refractivity contribution in [3.8, 4) is 5.75 Å². The maximum Gasteiger partial charge on any atom is 0.335 e. The van der Waals surface area contributed by atoms with E-state index in [0.29, 0.717) is 28.7 Å². The van der Waals surface area contributed by atoms with E-state index >= 15 is 0 Å². The van der Waals surface area contributed by atoms with E-state index in [1.54, 1.807) is 20.8 Å². The zero-order chi connectivity index (χ0) is 19.7. The lowest BCUT2D eigenvalue weighted by Gasteiger charge is -2.22. The number of carboxylic acid groups (broad SMARTS) is 1. The smallest absolute Gasteiger partial charge is 0.335 e. The molecule has 0 unspecified atom stereocenters. The van der Waals surface area contributed by atoms with Crippen molar-refractivity contribution >= 4 is 11.8 Å². The topological polar surface area (TPSA) is 114 Å².